The van der Waals surface area contributed by atoms with Crippen LogP contribution in [0.15, 0.2) is 189 Å². The van der Waals surface area contributed by atoms with Gasteiger partial charge in [0.15, 0.2) is 11.2 Å². The first-order valence-corrected chi connectivity index (χ1v) is 18.4. The Bertz CT molecular complexity index is 3440. The molecule has 0 radical (unpaired) electrons. The molecule has 12 aromatic rings. The SMILES string of the molecule is c1ccc(-c2nc3c(ccc4oc5ccc(N(c6ccc7c(c6)c6ccccc6n7-c6ccccc6)c6cccc7c6oc6ccccc67)cc5c43)o2)cc1. The number of fused-ring (bicyclic) bond motifs is 11. The van der Waals surface area contributed by atoms with Crippen molar-refractivity contribution in [2.75, 3.05) is 4.90 Å². The maximum atomic E-state index is 6.69. The monoisotopic (exact) mass is 707 g/mol. The molecule has 0 aliphatic heterocycles. The Kier molecular flexibility index (Phi) is 6.24. The molecule has 55 heavy (non-hydrogen) atoms. The van der Waals surface area contributed by atoms with Crippen molar-refractivity contribution in [3.05, 3.63) is 176 Å². The standard InChI is InChI=1S/C49H29N3O3/c1-3-12-30(13-4-1)49-50-47-45(55-49)27-26-44-46(47)38-29-33(23-25-43(38)53-44)51(41-20-11-18-36-35-17-8-10-21-42(35)54-48(36)41)32-22-24-40-37(28-32)34-16-7-9-19-39(34)52(40)31-14-5-2-6-15-31/h1-29H. The fraction of sp³-hybridized carbons (Fsp3) is 0. The average molecular weight is 708 g/mol. The molecule has 0 amide bonds. The average Bonchev–Trinajstić information content (AvgIpc) is 4.02. The zero-order valence-corrected chi connectivity index (χ0v) is 29.3. The highest BCUT2D eigenvalue weighted by Gasteiger charge is 2.23. The van der Waals surface area contributed by atoms with Crippen LogP contribution in [0.2, 0.25) is 0 Å². The van der Waals surface area contributed by atoms with Crippen molar-refractivity contribution >= 4 is 93.8 Å². The third-order valence-electron chi connectivity index (χ3n) is 10.8. The van der Waals surface area contributed by atoms with E-state index in [-0.39, 0.29) is 0 Å². The van der Waals surface area contributed by atoms with Crippen LogP contribution in [0.1, 0.15) is 0 Å². The highest BCUT2D eigenvalue weighted by Crippen LogP contribution is 2.46. The molecule has 0 N–H and O–H groups in total. The molecular weight excluding hydrogens is 679 g/mol. The minimum atomic E-state index is 0.578. The third kappa shape index (κ3) is 4.46. The van der Waals surface area contributed by atoms with Crippen molar-refractivity contribution in [3.8, 4) is 17.1 Å². The molecule has 0 saturated carbocycles. The molecule has 0 spiro atoms. The molecule has 0 unspecified atom stereocenters. The fourth-order valence-electron chi connectivity index (χ4n) is 8.38. The summed E-state index contributed by atoms with van der Waals surface area (Å²) in [6, 6.07) is 60.9. The highest BCUT2D eigenvalue weighted by molar-refractivity contribution is 6.18. The van der Waals surface area contributed by atoms with Crippen LogP contribution in [0.3, 0.4) is 0 Å². The predicted octanol–water partition coefficient (Wildman–Crippen LogP) is 13.9. The van der Waals surface area contributed by atoms with Gasteiger partial charge in [0.2, 0.25) is 5.89 Å². The number of oxazole rings is 1. The first-order valence-electron chi connectivity index (χ1n) is 18.4. The number of anilines is 3. The lowest BCUT2D eigenvalue weighted by molar-refractivity contribution is 0.619. The minimum Gasteiger partial charge on any atom is -0.456 e. The first-order chi connectivity index (χ1) is 27.3. The molecule has 12 rings (SSSR count). The second-order valence-corrected chi connectivity index (χ2v) is 13.9. The van der Waals surface area contributed by atoms with Gasteiger partial charge >= 0.3 is 0 Å². The summed E-state index contributed by atoms with van der Waals surface area (Å²) in [7, 11) is 0. The van der Waals surface area contributed by atoms with Crippen LogP contribution in [-0.4, -0.2) is 9.55 Å². The van der Waals surface area contributed by atoms with Crippen LogP contribution in [0, 0.1) is 0 Å². The van der Waals surface area contributed by atoms with Gasteiger partial charge in [-0.25, -0.2) is 4.98 Å². The van der Waals surface area contributed by atoms with E-state index in [2.05, 4.69) is 131 Å². The van der Waals surface area contributed by atoms with Crippen molar-refractivity contribution < 1.29 is 13.3 Å². The lowest BCUT2D eigenvalue weighted by Gasteiger charge is -2.26. The number of nitrogens with zero attached hydrogens (tertiary/aromatic N) is 3. The maximum Gasteiger partial charge on any atom is 0.227 e. The van der Waals surface area contributed by atoms with Gasteiger partial charge in [0.05, 0.1) is 22.1 Å². The van der Waals surface area contributed by atoms with Crippen LogP contribution in [0.25, 0.3) is 93.9 Å². The first kappa shape index (κ1) is 29.9. The van der Waals surface area contributed by atoms with Gasteiger partial charge in [-0.15, -0.1) is 0 Å². The summed E-state index contributed by atoms with van der Waals surface area (Å²) < 4.78 is 21.8. The van der Waals surface area contributed by atoms with Gasteiger partial charge < -0.3 is 22.7 Å². The molecule has 4 aromatic heterocycles. The molecule has 258 valence electrons. The number of benzene rings is 8. The van der Waals surface area contributed by atoms with Crippen LogP contribution in [0.5, 0.6) is 0 Å². The normalized spacial score (nSPS) is 12.0. The smallest absolute Gasteiger partial charge is 0.227 e. The molecule has 6 heteroatoms. The number of rotatable bonds is 5. The van der Waals surface area contributed by atoms with E-state index in [1.165, 1.54) is 5.39 Å². The van der Waals surface area contributed by atoms with E-state index in [1.54, 1.807) is 0 Å². The Labute approximate surface area is 313 Å². The Hall–Kier alpha value is -7.57. The molecule has 0 atom stereocenters. The second kappa shape index (κ2) is 11.5. The van der Waals surface area contributed by atoms with E-state index in [4.69, 9.17) is 18.2 Å². The quantitative estimate of drug-likeness (QED) is 0.178. The van der Waals surface area contributed by atoms with E-state index in [9.17, 15) is 0 Å². The lowest BCUT2D eigenvalue weighted by atomic mass is 10.1. The molecule has 0 aliphatic carbocycles. The van der Waals surface area contributed by atoms with E-state index in [0.29, 0.717) is 11.5 Å². The van der Waals surface area contributed by atoms with Gasteiger partial charge in [0.25, 0.3) is 0 Å². The number of furan rings is 2. The van der Waals surface area contributed by atoms with Gasteiger partial charge in [-0.2, -0.15) is 0 Å². The molecule has 0 saturated heterocycles. The summed E-state index contributed by atoms with van der Waals surface area (Å²) in [6.45, 7) is 0. The van der Waals surface area contributed by atoms with Gasteiger partial charge in [0, 0.05) is 49.6 Å². The molecule has 0 aliphatic rings. The van der Waals surface area contributed by atoms with E-state index in [0.717, 1.165) is 94.1 Å². The van der Waals surface area contributed by atoms with Crippen molar-refractivity contribution in [1.29, 1.82) is 0 Å². The minimum absolute atomic E-state index is 0.578. The topological polar surface area (TPSA) is 60.5 Å². The summed E-state index contributed by atoms with van der Waals surface area (Å²) in [5.74, 6) is 0.578. The Morgan fingerprint density at radius 3 is 1.96 bits per heavy atom. The summed E-state index contributed by atoms with van der Waals surface area (Å²) in [5, 5.41) is 6.36. The summed E-state index contributed by atoms with van der Waals surface area (Å²) in [6.07, 6.45) is 0. The number of para-hydroxylation sites is 4. The van der Waals surface area contributed by atoms with Crippen LogP contribution in [-0.2, 0) is 0 Å². The molecule has 6 nitrogen and oxygen atoms in total. The molecule has 0 bridgehead atoms. The van der Waals surface area contributed by atoms with Crippen molar-refractivity contribution in [3.63, 3.8) is 0 Å². The molecule has 8 aromatic carbocycles. The maximum absolute atomic E-state index is 6.69. The van der Waals surface area contributed by atoms with Crippen LogP contribution >= 0.6 is 0 Å². The lowest BCUT2D eigenvalue weighted by Crippen LogP contribution is -2.10. The number of hydrogen-bond donors (Lipinski definition) is 0. The molecular formula is C49H29N3O3. The summed E-state index contributed by atoms with van der Waals surface area (Å²) in [5.41, 5.74) is 11.9. The van der Waals surface area contributed by atoms with Crippen LogP contribution < -0.4 is 4.90 Å². The van der Waals surface area contributed by atoms with Crippen LogP contribution in [0.4, 0.5) is 17.1 Å². The van der Waals surface area contributed by atoms with E-state index >= 15 is 0 Å². The van der Waals surface area contributed by atoms with E-state index in [1.807, 2.05) is 54.6 Å². The van der Waals surface area contributed by atoms with Gasteiger partial charge in [-0.3, -0.25) is 0 Å². The van der Waals surface area contributed by atoms with Gasteiger partial charge in [0.1, 0.15) is 22.3 Å². The van der Waals surface area contributed by atoms with Crippen molar-refractivity contribution in [2.24, 2.45) is 0 Å². The Morgan fingerprint density at radius 2 is 1.09 bits per heavy atom. The van der Waals surface area contributed by atoms with E-state index < -0.39 is 0 Å². The number of hydrogen-bond acceptors (Lipinski definition) is 5. The Balaban J connectivity index is 1.13. The van der Waals surface area contributed by atoms with Gasteiger partial charge in [-0.05, 0) is 91.0 Å². The van der Waals surface area contributed by atoms with Crippen molar-refractivity contribution in [1.82, 2.24) is 9.55 Å². The fourth-order valence-corrected chi connectivity index (χ4v) is 8.38. The Morgan fingerprint density at radius 1 is 0.436 bits per heavy atom. The highest BCUT2D eigenvalue weighted by atomic mass is 16.4. The van der Waals surface area contributed by atoms with Gasteiger partial charge in [-0.1, -0.05) is 84.9 Å². The molecule has 4 heterocycles. The zero-order chi connectivity index (χ0) is 36.0. The summed E-state index contributed by atoms with van der Waals surface area (Å²) >= 11 is 0. The summed E-state index contributed by atoms with van der Waals surface area (Å²) in [4.78, 5) is 7.32. The second-order valence-electron chi connectivity index (χ2n) is 13.9. The van der Waals surface area contributed by atoms with Crippen molar-refractivity contribution in [2.45, 2.75) is 0 Å². The predicted molar refractivity (Wildman–Crippen MR) is 223 cm³/mol. The largest absolute Gasteiger partial charge is 0.456 e. The molecule has 0 fully saturated rings. The number of aromatic nitrogens is 2. The third-order valence-corrected chi connectivity index (χ3v) is 10.8. The zero-order valence-electron chi connectivity index (χ0n) is 29.3.